The minimum atomic E-state index is -3.76. The normalized spacial score (nSPS) is 11.4. The number of carbonyl (C=O) groups is 1. The monoisotopic (exact) mass is 536 g/mol. The van der Waals surface area contributed by atoms with E-state index in [1.807, 2.05) is 19.1 Å². The summed E-state index contributed by atoms with van der Waals surface area (Å²) in [6.45, 7) is 2.27. The van der Waals surface area contributed by atoms with E-state index in [1.165, 1.54) is 35.6 Å². The number of anilines is 1. The summed E-state index contributed by atoms with van der Waals surface area (Å²) in [5.74, 6) is 0.214. The van der Waals surface area contributed by atoms with Crippen molar-refractivity contribution in [1.29, 1.82) is 0 Å². The van der Waals surface area contributed by atoms with Crippen molar-refractivity contribution in [3.8, 4) is 5.75 Å². The van der Waals surface area contributed by atoms with Crippen molar-refractivity contribution in [1.82, 2.24) is 4.31 Å². The molecule has 0 radical (unpaired) electrons. The van der Waals surface area contributed by atoms with Crippen LogP contribution in [0.2, 0.25) is 5.02 Å². The van der Waals surface area contributed by atoms with E-state index in [0.717, 1.165) is 4.47 Å². The number of rotatable bonds is 8. The average Bonchev–Trinajstić information content (AvgIpc) is 2.77. The van der Waals surface area contributed by atoms with Gasteiger partial charge in [-0.25, -0.2) is 8.42 Å². The molecule has 0 fully saturated rings. The molecule has 32 heavy (non-hydrogen) atoms. The summed E-state index contributed by atoms with van der Waals surface area (Å²) in [6, 6.07) is 18.2. The summed E-state index contributed by atoms with van der Waals surface area (Å²) in [6.07, 6.45) is 0. The van der Waals surface area contributed by atoms with Gasteiger partial charge in [-0.1, -0.05) is 27.5 Å². The molecular weight excluding hydrogens is 516 g/mol. The van der Waals surface area contributed by atoms with Gasteiger partial charge < -0.3 is 10.1 Å². The summed E-state index contributed by atoms with van der Waals surface area (Å²) in [7, 11) is -2.28. The van der Waals surface area contributed by atoms with Crippen LogP contribution in [-0.2, 0) is 16.6 Å². The van der Waals surface area contributed by atoms with Gasteiger partial charge in [-0.2, -0.15) is 4.31 Å². The van der Waals surface area contributed by atoms with Gasteiger partial charge in [-0.3, -0.25) is 4.79 Å². The summed E-state index contributed by atoms with van der Waals surface area (Å²) in [5, 5.41) is 3.29. The van der Waals surface area contributed by atoms with Crippen molar-refractivity contribution in [3.63, 3.8) is 0 Å². The van der Waals surface area contributed by atoms with E-state index in [4.69, 9.17) is 16.3 Å². The number of hydrogen-bond donors (Lipinski definition) is 1. The molecular formula is C23H22BrClN2O4S. The minimum Gasteiger partial charge on any atom is -0.494 e. The molecule has 0 aliphatic rings. The maximum Gasteiger partial charge on any atom is 0.255 e. The Hall–Kier alpha value is -2.39. The smallest absolute Gasteiger partial charge is 0.255 e. The highest BCUT2D eigenvalue weighted by molar-refractivity contribution is 9.10. The van der Waals surface area contributed by atoms with E-state index in [2.05, 4.69) is 21.2 Å². The highest BCUT2D eigenvalue weighted by atomic mass is 79.9. The first-order valence-electron chi connectivity index (χ1n) is 9.75. The molecule has 0 saturated carbocycles. The first kappa shape index (κ1) is 24.3. The zero-order valence-electron chi connectivity index (χ0n) is 17.5. The number of amides is 1. The maximum absolute atomic E-state index is 13.0. The van der Waals surface area contributed by atoms with E-state index < -0.39 is 10.0 Å². The largest absolute Gasteiger partial charge is 0.494 e. The predicted molar refractivity (Wildman–Crippen MR) is 130 cm³/mol. The third-order valence-corrected chi connectivity index (χ3v) is 7.24. The lowest BCUT2D eigenvalue weighted by Crippen LogP contribution is -2.27. The second-order valence-electron chi connectivity index (χ2n) is 6.93. The van der Waals surface area contributed by atoms with Crippen LogP contribution in [0.4, 0.5) is 5.69 Å². The number of halogens is 2. The lowest BCUT2D eigenvalue weighted by atomic mass is 10.1. The van der Waals surface area contributed by atoms with Gasteiger partial charge >= 0.3 is 0 Å². The highest BCUT2D eigenvalue weighted by Crippen LogP contribution is 2.26. The van der Waals surface area contributed by atoms with Crippen LogP contribution >= 0.6 is 27.5 Å². The van der Waals surface area contributed by atoms with Gasteiger partial charge in [0.25, 0.3) is 5.91 Å². The average molecular weight is 538 g/mol. The molecule has 3 aromatic rings. The molecule has 0 saturated heterocycles. The Bertz CT molecular complexity index is 1200. The topological polar surface area (TPSA) is 75.7 Å². The van der Waals surface area contributed by atoms with Gasteiger partial charge in [-0.15, -0.1) is 0 Å². The summed E-state index contributed by atoms with van der Waals surface area (Å²) < 4.78 is 33.7. The molecule has 0 aliphatic carbocycles. The van der Waals surface area contributed by atoms with Crippen molar-refractivity contribution in [2.24, 2.45) is 0 Å². The van der Waals surface area contributed by atoms with Gasteiger partial charge in [-0.05, 0) is 73.7 Å². The Balaban J connectivity index is 1.86. The van der Waals surface area contributed by atoms with Gasteiger partial charge in [0.05, 0.1) is 11.5 Å². The minimum absolute atomic E-state index is 0.0275. The van der Waals surface area contributed by atoms with Crippen molar-refractivity contribution >= 4 is 49.1 Å². The molecule has 9 heteroatoms. The van der Waals surface area contributed by atoms with Crippen molar-refractivity contribution < 1.29 is 17.9 Å². The number of benzene rings is 3. The standard InChI is InChI=1S/C23H22BrClN2O4S/c1-3-31-22-13-4-16(23(28)26-20-9-5-18(24)6-10-20)14-17(22)15-27(2)32(29,30)21-11-7-19(25)8-12-21/h4-14H,3,15H2,1-2H3,(H,26,28). The molecule has 0 heterocycles. The van der Waals surface area contributed by atoms with Gasteiger partial charge in [0.2, 0.25) is 10.0 Å². The second-order valence-corrected chi connectivity index (χ2v) is 10.3. The molecule has 6 nitrogen and oxygen atoms in total. The van der Waals surface area contributed by atoms with Crippen molar-refractivity contribution in [3.05, 3.63) is 87.4 Å². The van der Waals surface area contributed by atoms with Crippen LogP contribution in [-0.4, -0.2) is 32.3 Å². The third-order valence-electron chi connectivity index (χ3n) is 4.64. The quantitative estimate of drug-likeness (QED) is 0.407. The number of nitrogens with zero attached hydrogens (tertiary/aromatic N) is 1. The summed E-state index contributed by atoms with van der Waals surface area (Å²) in [4.78, 5) is 12.9. The maximum atomic E-state index is 13.0. The van der Waals surface area contributed by atoms with Crippen molar-refractivity contribution in [2.75, 3.05) is 19.0 Å². The fourth-order valence-corrected chi connectivity index (χ4v) is 4.53. The molecule has 0 unspecified atom stereocenters. The highest BCUT2D eigenvalue weighted by Gasteiger charge is 2.23. The lowest BCUT2D eigenvalue weighted by molar-refractivity contribution is 0.102. The Morgan fingerprint density at radius 1 is 1.06 bits per heavy atom. The first-order chi connectivity index (χ1) is 15.2. The van der Waals surface area contributed by atoms with Gasteiger partial charge in [0, 0.05) is 39.9 Å². The molecule has 0 spiro atoms. The molecule has 0 bridgehead atoms. The predicted octanol–water partition coefficient (Wildman–Crippen LogP) is 5.57. The Kier molecular flexibility index (Phi) is 7.95. The number of sulfonamides is 1. The molecule has 0 atom stereocenters. The first-order valence-corrected chi connectivity index (χ1v) is 12.4. The number of nitrogens with one attached hydrogen (secondary N) is 1. The van der Waals surface area contributed by atoms with Crippen LogP contribution in [0.15, 0.2) is 76.1 Å². The molecule has 3 rings (SSSR count). The fourth-order valence-electron chi connectivity index (χ4n) is 2.99. The van der Waals surface area contributed by atoms with Crippen LogP contribution in [0.3, 0.4) is 0 Å². The van der Waals surface area contributed by atoms with Crippen LogP contribution < -0.4 is 10.1 Å². The van der Waals surface area contributed by atoms with E-state index in [1.54, 1.807) is 30.3 Å². The molecule has 3 aromatic carbocycles. The van der Waals surface area contributed by atoms with Crippen LogP contribution in [0.5, 0.6) is 5.75 Å². The zero-order chi connectivity index (χ0) is 23.3. The van der Waals surface area contributed by atoms with Crippen molar-refractivity contribution in [2.45, 2.75) is 18.4 Å². The summed E-state index contributed by atoms with van der Waals surface area (Å²) >= 11 is 9.24. The van der Waals surface area contributed by atoms with E-state index in [0.29, 0.717) is 34.2 Å². The SMILES string of the molecule is CCOc1ccc(C(=O)Nc2ccc(Br)cc2)cc1CN(C)S(=O)(=O)c1ccc(Cl)cc1. The third kappa shape index (κ3) is 5.89. The number of carbonyl (C=O) groups excluding carboxylic acids is 1. The molecule has 1 amide bonds. The Morgan fingerprint density at radius 3 is 2.34 bits per heavy atom. The lowest BCUT2D eigenvalue weighted by Gasteiger charge is -2.20. The van der Waals surface area contributed by atoms with E-state index in [9.17, 15) is 13.2 Å². The molecule has 0 aromatic heterocycles. The number of ether oxygens (including phenoxy) is 1. The molecule has 1 N–H and O–H groups in total. The zero-order valence-corrected chi connectivity index (χ0v) is 20.7. The Morgan fingerprint density at radius 2 is 1.72 bits per heavy atom. The van der Waals surface area contributed by atoms with Crippen LogP contribution in [0, 0.1) is 0 Å². The molecule has 168 valence electrons. The van der Waals surface area contributed by atoms with Gasteiger partial charge in [0.1, 0.15) is 5.75 Å². The Labute approximate surface area is 201 Å². The van der Waals surface area contributed by atoms with Gasteiger partial charge in [0.15, 0.2) is 0 Å². The second kappa shape index (κ2) is 10.5. The van der Waals surface area contributed by atoms with Crippen LogP contribution in [0.25, 0.3) is 0 Å². The van der Waals surface area contributed by atoms with E-state index in [-0.39, 0.29) is 17.3 Å². The van der Waals surface area contributed by atoms with E-state index >= 15 is 0 Å². The van der Waals surface area contributed by atoms with Crippen LogP contribution in [0.1, 0.15) is 22.8 Å². The summed E-state index contributed by atoms with van der Waals surface area (Å²) in [5.41, 5.74) is 1.62. The molecule has 0 aliphatic heterocycles. The fraction of sp³-hybridized carbons (Fsp3) is 0.174. The number of hydrogen-bond acceptors (Lipinski definition) is 4.